The number of nitrogens with zero attached hydrogens (tertiary/aromatic N) is 2. The Morgan fingerprint density at radius 2 is 2.07 bits per heavy atom. The van der Waals surface area contributed by atoms with Crippen LogP contribution in [0.4, 0.5) is 0 Å². The number of nitrogens with one attached hydrogen (secondary N) is 2. The number of carbonyl (C=O) groups excluding carboxylic acids is 1. The van der Waals surface area contributed by atoms with Crippen LogP contribution >= 0.6 is 23.2 Å². The summed E-state index contributed by atoms with van der Waals surface area (Å²) >= 11 is 12.3. The monoisotopic (exact) mass is 406 g/mol. The Morgan fingerprint density at radius 1 is 1.22 bits per heavy atom. The lowest BCUT2D eigenvalue weighted by atomic mass is 9.83. The fourth-order valence-electron chi connectivity index (χ4n) is 4.49. The van der Waals surface area contributed by atoms with E-state index in [1.165, 1.54) is 45.2 Å². The van der Waals surface area contributed by atoms with Crippen LogP contribution in [-0.2, 0) is 0 Å². The molecule has 5 nitrogen and oxygen atoms in total. The van der Waals surface area contributed by atoms with Crippen LogP contribution in [0, 0.1) is 5.92 Å². The summed E-state index contributed by atoms with van der Waals surface area (Å²) in [5, 5.41) is 11.1. The van der Waals surface area contributed by atoms with Crippen LogP contribution in [0.1, 0.15) is 42.5 Å². The molecule has 3 heterocycles. The molecule has 0 bridgehead atoms. The lowest BCUT2D eigenvalue weighted by molar-refractivity contribution is 0.0576. The van der Waals surface area contributed by atoms with Crippen molar-refractivity contribution in [3.63, 3.8) is 0 Å². The van der Waals surface area contributed by atoms with Crippen molar-refractivity contribution in [2.24, 2.45) is 5.92 Å². The molecule has 27 heavy (non-hydrogen) atoms. The maximum Gasteiger partial charge on any atom is 0.255 e. The molecule has 4 rings (SSSR count). The number of aromatic amines is 1. The van der Waals surface area contributed by atoms with Crippen LogP contribution < -0.4 is 5.32 Å². The van der Waals surface area contributed by atoms with Gasteiger partial charge in [-0.15, -0.1) is 0 Å². The third kappa shape index (κ3) is 4.00. The molecular formula is C20H24Cl2N4O. The second-order valence-electron chi connectivity index (χ2n) is 7.49. The van der Waals surface area contributed by atoms with E-state index in [0.717, 1.165) is 5.56 Å². The zero-order valence-electron chi connectivity index (χ0n) is 15.2. The average molecular weight is 407 g/mol. The van der Waals surface area contributed by atoms with E-state index in [2.05, 4.69) is 20.4 Å². The van der Waals surface area contributed by atoms with Crippen molar-refractivity contribution in [3.8, 4) is 11.3 Å². The molecule has 0 unspecified atom stereocenters. The summed E-state index contributed by atoms with van der Waals surface area (Å²) in [5.41, 5.74) is 1.85. The van der Waals surface area contributed by atoms with Gasteiger partial charge in [0.15, 0.2) is 0 Å². The maximum atomic E-state index is 12.8. The van der Waals surface area contributed by atoms with Crippen molar-refractivity contribution >= 4 is 29.1 Å². The Labute approximate surface area is 169 Å². The summed E-state index contributed by atoms with van der Waals surface area (Å²) in [5.74, 6) is 0.412. The van der Waals surface area contributed by atoms with Crippen molar-refractivity contribution in [2.45, 2.75) is 38.1 Å². The molecule has 2 saturated heterocycles. The minimum atomic E-state index is -0.113. The molecule has 2 fully saturated rings. The second-order valence-corrected chi connectivity index (χ2v) is 8.34. The summed E-state index contributed by atoms with van der Waals surface area (Å²) in [6.07, 6.45) is 7.81. The van der Waals surface area contributed by atoms with Crippen molar-refractivity contribution in [1.29, 1.82) is 0 Å². The van der Waals surface area contributed by atoms with Gasteiger partial charge in [0.1, 0.15) is 0 Å². The molecule has 0 radical (unpaired) electrons. The van der Waals surface area contributed by atoms with E-state index >= 15 is 0 Å². The topological polar surface area (TPSA) is 61.0 Å². The molecule has 2 atom stereocenters. The fourth-order valence-corrected chi connectivity index (χ4v) is 4.99. The molecule has 1 aromatic heterocycles. The summed E-state index contributed by atoms with van der Waals surface area (Å²) in [7, 11) is 0. The van der Waals surface area contributed by atoms with E-state index in [9.17, 15) is 4.79 Å². The summed E-state index contributed by atoms with van der Waals surface area (Å²) in [4.78, 5) is 15.4. The predicted octanol–water partition coefficient (Wildman–Crippen LogP) is 4.38. The van der Waals surface area contributed by atoms with Crippen LogP contribution in [0.15, 0.2) is 24.4 Å². The maximum absolute atomic E-state index is 12.8. The third-order valence-corrected chi connectivity index (χ3v) is 6.39. The van der Waals surface area contributed by atoms with Crippen LogP contribution in [0.5, 0.6) is 0 Å². The van der Waals surface area contributed by atoms with Crippen molar-refractivity contribution in [2.75, 3.05) is 19.6 Å². The standard InChI is InChI=1S/C20H24Cl2N4O/c21-14-6-7-15(17(22)10-14)19-16(12-24-25-19)20(27)23-11-13-4-3-9-26-8-2-1-5-18(13)26/h6-7,10,12-13,18H,1-5,8-9,11H2,(H,23,27)(H,24,25)/t13-,18-/m0/s1. The van der Waals surface area contributed by atoms with Crippen LogP contribution in [0.3, 0.4) is 0 Å². The largest absolute Gasteiger partial charge is 0.352 e. The van der Waals surface area contributed by atoms with Gasteiger partial charge in [0.25, 0.3) is 5.91 Å². The Bertz CT molecular complexity index is 820. The number of fused-ring (bicyclic) bond motifs is 1. The molecule has 2 N–H and O–H groups in total. The number of aromatic nitrogens is 2. The normalized spacial score (nSPS) is 23.0. The highest BCUT2D eigenvalue weighted by atomic mass is 35.5. The Kier molecular flexibility index (Phi) is 5.71. The average Bonchev–Trinajstić information content (AvgIpc) is 3.15. The smallest absolute Gasteiger partial charge is 0.255 e. The first kappa shape index (κ1) is 18.8. The molecule has 1 amide bonds. The first-order chi connectivity index (χ1) is 13.1. The van der Waals surface area contributed by atoms with E-state index in [4.69, 9.17) is 23.2 Å². The first-order valence-corrected chi connectivity index (χ1v) is 10.4. The SMILES string of the molecule is O=C(NC[C@@H]1CCCN2CCCC[C@@H]12)c1cn[nH]c1-c1ccc(Cl)cc1Cl. The van der Waals surface area contributed by atoms with Crippen LogP contribution in [-0.4, -0.2) is 46.7 Å². The number of hydrogen-bond donors (Lipinski definition) is 2. The molecule has 0 aliphatic carbocycles. The van der Waals surface area contributed by atoms with Gasteiger partial charge < -0.3 is 10.2 Å². The quantitative estimate of drug-likeness (QED) is 0.791. The van der Waals surface area contributed by atoms with Gasteiger partial charge >= 0.3 is 0 Å². The van der Waals surface area contributed by atoms with Crippen molar-refractivity contribution in [1.82, 2.24) is 20.4 Å². The molecule has 0 saturated carbocycles. The number of benzene rings is 1. The summed E-state index contributed by atoms with van der Waals surface area (Å²) in [6, 6.07) is 5.84. The number of hydrogen-bond acceptors (Lipinski definition) is 3. The Balaban J connectivity index is 1.46. The number of halogens is 2. The first-order valence-electron chi connectivity index (χ1n) is 9.64. The van der Waals surface area contributed by atoms with Crippen LogP contribution in [0.25, 0.3) is 11.3 Å². The Morgan fingerprint density at radius 3 is 2.93 bits per heavy atom. The van der Waals surface area contributed by atoms with Gasteiger partial charge in [-0.3, -0.25) is 9.89 Å². The molecule has 144 valence electrons. The third-order valence-electron chi connectivity index (χ3n) is 5.84. The Hall–Kier alpha value is -1.56. The minimum absolute atomic E-state index is 0.113. The molecule has 7 heteroatoms. The van der Waals surface area contributed by atoms with Gasteiger partial charge in [-0.25, -0.2) is 0 Å². The molecule has 2 aliphatic heterocycles. The predicted molar refractivity (Wildman–Crippen MR) is 108 cm³/mol. The van der Waals surface area contributed by atoms with Crippen molar-refractivity contribution < 1.29 is 4.79 Å². The fraction of sp³-hybridized carbons (Fsp3) is 0.500. The number of amides is 1. The van der Waals surface area contributed by atoms with E-state index in [1.807, 2.05) is 0 Å². The van der Waals surface area contributed by atoms with E-state index in [0.29, 0.717) is 39.8 Å². The highest BCUT2D eigenvalue weighted by Crippen LogP contribution is 2.32. The molecule has 1 aromatic carbocycles. The lowest BCUT2D eigenvalue weighted by Gasteiger charge is -2.44. The van der Waals surface area contributed by atoms with Crippen molar-refractivity contribution in [3.05, 3.63) is 40.0 Å². The number of carbonyl (C=O) groups is 1. The van der Waals surface area contributed by atoms with E-state index < -0.39 is 0 Å². The van der Waals surface area contributed by atoms with Gasteiger partial charge in [-0.1, -0.05) is 29.6 Å². The van der Waals surface area contributed by atoms with Crippen LogP contribution in [0.2, 0.25) is 10.0 Å². The van der Waals surface area contributed by atoms with Gasteiger partial charge in [0.05, 0.1) is 22.5 Å². The highest BCUT2D eigenvalue weighted by Gasteiger charge is 2.33. The number of piperidine rings is 2. The van der Waals surface area contributed by atoms with Gasteiger partial charge in [0.2, 0.25) is 0 Å². The number of rotatable bonds is 4. The minimum Gasteiger partial charge on any atom is -0.352 e. The van der Waals surface area contributed by atoms with Gasteiger partial charge in [-0.2, -0.15) is 5.10 Å². The highest BCUT2D eigenvalue weighted by molar-refractivity contribution is 6.36. The zero-order valence-corrected chi connectivity index (χ0v) is 16.7. The molecule has 0 spiro atoms. The zero-order chi connectivity index (χ0) is 18.8. The van der Waals surface area contributed by atoms with E-state index in [1.54, 1.807) is 24.4 Å². The molecule has 2 aromatic rings. The summed E-state index contributed by atoms with van der Waals surface area (Å²) < 4.78 is 0. The lowest BCUT2D eigenvalue weighted by Crippen LogP contribution is -2.51. The van der Waals surface area contributed by atoms with E-state index in [-0.39, 0.29) is 5.91 Å². The summed E-state index contributed by atoms with van der Waals surface area (Å²) in [6.45, 7) is 3.12. The number of H-pyrrole nitrogens is 1. The molecular weight excluding hydrogens is 383 g/mol. The van der Waals surface area contributed by atoms with Gasteiger partial charge in [-0.05, 0) is 62.9 Å². The second kappa shape index (κ2) is 8.21. The molecule has 2 aliphatic rings. The van der Waals surface area contributed by atoms with Gasteiger partial charge in [0, 0.05) is 23.2 Å².